The SMILES string of the molecule is CC(=O)N1CCN(c2ccc(Nc3cc(NCc4cccc([N+](=O)[O-])c4)c(C(N)=O)cn3)cc2)CC1. The molecule has 0 radical (unpaired) electrons. The second-order valence-electron chi connectivity index (χ2n) is 8.42. The number of piperazine rings is 1. The van der Waals surface area contributed by atoms with Gasteiger partial charge in [-0.25, -0.2) is 4.98 Å². The van der Waals surface area contributed by atoms with Crippen LogP contribution in [0.1, 0.15) is 22.8 Å². The predicted molar refractivity (Wildman–Crippen MR) is 137 cm³/mol. The first-order valence-corrected chi connectivity index (χ1v) is 11.4. The van der Waals surface area contributed by atoms with E-state index < -0.39 is 10.8 Å². The number of anilines is 4. The van der Waals surface area contributed by atoms with Crippen LogP contribution in [0.25, 0.3) is 0 Å². The van der Waals surface area contributed by atoms with Crippen LogP contribution in [-0.2, 0) is 11.3 Å². The number of nitrogens with one attached hydrogen (secondary N) is 2. The highest BCUT2D eigenvalue weighted by Crippen LogP contribution is 2.25. The van der Waals surface area contributed by atoms with Gasteiger partial charge in [0.25, 0.3) is 11.6 Å². The first kappa shape index (κ1) is 24.5. The lowest BCUT2D eigenvalue weighted by Crippen LogP contribution is -2.48. The first-order valence-electron chi connectivity index (χ1n) is 11.4. The summed E-state index contributed by atoms with van der Waals surface area (Å²) < 4.78 is 0. The van der Waals surface area contributed by atoms with Gasteiger partial charge < -0.3 is 26.2 Å². The normalized spacial score (nSPS) is 13.2. The summed E-state index contributed by atoms with van der Waals surface area (Å²) in [6, 6.07) is 15.8. The third-order valence-corrected chi connectivity index (χ3v) is 6.00. The lowest BCUT2D eigenvalue weighted by molar-refractivity contribution is -0.384. The van der Waals surface area contributed by atoms with E-state index in [0.717, 1.165) is 24.5 Å². The number of amides is 2. The van der Waals surface area contributed by atoms with Crippen LogP contribution >= 0.6 is 0 Å². The Labute approximate surface area is 208 Å². The van der Waals surface area contributed by atoms with Gasteiger partial charge in [-0.15, -0.1) is 0 Å². The number of rotatable bonds is 8. The molecule has 0 spiro atoms. The molecule has 4 N–H and O–H groups in total. The van der Waals surface area contributed by atoms with E-state index in [1.54, 1.807) is 25.1 Å². The van der Waals surface area contributed by atoms with E-state index in [-0.39, 0.29) is 23.7 Å². The van der Waals surface area contributed by atoms with E-state index in [9.17, 15) is 19.7 Å². The van der Waals surface area contributed by atoms with Crippen molar-refractivity contribution in [3.05, 3.63) is 82.0 Å². The lowest BCUT2D eigenvalue weighted by atomic mass is 10.1. The zero-order valence-corrected chi connectivity index (χ0v) is 19.8. The van der Waals surface area contributed by atoms with Gasteiger partial charge in [0.05, 0.1) is 16.2 Å². The maximum absolute atomic E-state index is 11.9. The summed E-state index contributed by atoms with van der Waals surface area (Å²) in [5.41, 5.74) is 8.74. The molecule has 36 heavy (non-hydrogen) atoms. The zero-order valence-electron chi connectivity index (χ0n) is 19.8. The Hall–Kier alpha value is -4.67. The maximum atomic E-state index is 11.9. The number of nitrogens with two attached hydrogens (primary N) is 1. The van der Waals surface area contributed by atoms with Crippen molar-refractivity contribution in [2.75, 3.05) is 41.7 Å². The van der Waals surface area contributed by atoms with Crippen LogP contribution < -0.4 is 21.3 Å². The van der Waals surface area contributed by atoms with Crippen molar-refractivity contribution >= 4 is 40.4 Å². The van der Waals surface area contributed by atoms with Crippen LogP contribution in [0.2, 0.25) is 0 Å². The topological polar surface area (TPSA) is 147 Å². The van der Waals surface area contributed by atoms with Crippen molar-refractivity contribution in [3.63, 3.8) is 0 Å². The standard InChI is InChI=1S/C25H27N7O4/c1-17(33)30-9-11-31(12-10-30)20-7-5-19(6-8-20)29-24-14-23(22(16-28-24)25(26)34)27-15-18-3-2-4-21(13-18)32(35)36/h2-8,13-14,16H,9-12,15H2,1H3,(H2,26,34)(H2,27,28,29). The number of hydrogen-bond donors (Lipinski definition) is 3. The highest BCUT2D eigenvalue weighted by molar-refractivity contribution is 5.98. The van der Waals surface area contributed by atoms with Crippen LogP contribution in [0, 0.1) is 10.1 Å². The van der Waals surface area contributed by atoms with Gasteiger partial charge in [0.15, 0.2) is 0 Å². The molecular formula is C25H27N7O4. The molecule has 1 fully saturated rings. The molecule has 1 aliphatic heterocycles. The molecule has 0 atom stereocenters. The molecule has 0 aliphatic carbocycles. The molecule has 3 aromatic rings. The molecule has 0 saturated carbocycles. The monoisotopic (exact) mass is 489 g/mol. The maximum Gasteiger partial charge on any atom is 0.269 e. The predicted octanol–water partition coefficient (Wildman–Crippen LogP) is 3.11. The van der Waals surface area contributed by atoms with E-state index >= 15 is 0 Å². The number of aromatic nitrogens is 1. The first-order chi connectivity index (χ1) is 17.3. The van der Waals surface area contributed by atoms with Crippen LogP contribution in [0.4, 0.5) is 28.6 Å². The van der Waals surface area contributed by atoms with Crippen molar-refractivity contribution in [3.8, 4) is 0 Å². The number of nitro benzene ring substituents is 1. The summed E-state index contributed by atoms with van der Waals surface area (Å²) in [6.45, 7) is 4.82. The Morgan fingerprint density at radius 2 is 1.81 bits per heavy atom. The van der Waals surface area contributed by atoms with Crippen molar-refractivity contribution in [1.29, 1.82) is 0 Å². The molecule has 186 valence electrons. The summed E-state index contributed by atoms with van der Waals surface area (Å²) in [5.74, 6) is -0.0304. The minimum Gasteiger partial charge on any atom is -0.380 e. The molecule has 2 amide bonds. The number of hydrogen-bond acceptors (Lipinski definition) is 8. The molecule has 2 aromatic carbocycles. The summed E-state index contributed by atoms with van der Waals surface area (Å²) in [5, 5.41) is 17.4. The van der Waals surface area contributed by atoms with E-state index in [2.05, 4.69) is 20.5 Å². The van der Waals surface area contributed by atoms with Gasteiger partial charge in [-0.05, 0) is 29.8 Å². The summed E-state index contributed by atoms with van der Waals surface area (Å²) in [6.07, 6.45) is 1.39. The fourth-order valence-electron chi connectivity index (χ4n) is 4.03. The zero-order chi connectivity index (χ0) is 25.7. The number of non-ortho nitro benzene ring substituents is 1. The van der Waals surface area contributed by atoms with Gasteiger partial charge in [0, 0.05) is 75.4 Å². The van der Waals surface area contributed by atoms with Crippen LogP contribution in [-0.4, -0.2) is 52.8 Å². The Morgan fingerprint density at radius 1 is 1.08 bits per heavy atom. The Balaban J connectivity index is 1.44. The van der Waals surface area contributed by atoms with Gasteiger partial charge >= 0.3 is 0 Å². The van der Waals surface area contributed by atoms with E-state index in [1.165, 1.54) is 18.3 Å². The molecule has 1 aromatic heterocycles. The average molecular weight is 490 g/mol. The summed E-state index contributed by atoms with van der Waals surface area (Å²) in [7, 11) is 0. The molecule has 2 heterocycles. The van der Waals surface area contributed by atoms with Gasteiger partial charge in [-0.1, -0.05) is 12.1 Å². The number of primary amides is 1. The van der Waals surface area contributed by atoms with E-state index in [0.29, 0.717) is 30.2 Å². The number of nitrogens with zero attached hydrogens (tertiary/aromatic N) is 4. The van der Waals surface area contributed by atoms with E-state index in [1.807, 2.05) is 29.2 Å². The lowest BCUT2D eigenvalue weighted by Gasteiger charge is -2.35. The van der Waals surface area contributed by atoms with Crippen molar-refractivity contribution in [2.24, 2.45) is 5.73 Å². The molecule has 0 bridgehead atoms. The Morgan fingerprint density at radius 3 is 2.44 bits per heavy atom. The van der Waals surface area contributed by atoms with Crippen LogP contribution in [0.5, 0.6) is 0 Å². The molecule has 4 rings (SSSR count). The average Bonchev–Trinajstić information content (AvgIpc) is 2.88. The minimum atomic E-state index is -0.634. The smallest absolute Gasteiger partial charge is 0.269 e. The molecule has 11 nitrogen and oxygen atoms in total. The molecule has 11 heteroatoms. The van der Waals surface area contributed by atoms with Gasteiger partial charge in [-0.2, -0.15) is 0 Å². The largest absolute Gasteiger partial charge is 0.380 e. The second kappa shape index (κ2) is 10.7. The van der Waals surface area contributed by atoms with E-state index in [4.69, 9.17) is 5.73 Å². The molecular weight excluding hydrogens is 462 g/mol. The fourth-order valence-corrected chi connectivity index (χ4v) is 4.03. The highest BCUT2D eigenvalue weighted by Gasteiger charge is 2.19. The number of carbonyl (C=O) groups excluding carboxylic acids is 2. The third kappa shape index (κ3) is 5.87. The number of nitro groups is 1. The highest BCUT2D eigenvalue weighted by atomic mass is 16.6. The van der Waals surface area contributed by atoms with Gasteiger partial charge in [-0.3, -0.25) is 19.7 Å². The minimum absolute atomic E-state index is 0.00862. The number of benzene rings is 2. The quantitative estimate of drug-likeness (QED) is 0.323. The molecule has 1 aliphatic rings. The second-order valence-corrected chi connectivity index (χ2v) is 8.42. The summed E-state index contributed by atoms with van der Waals surface area (Å²) >= 11 is 0. The van der Waals surface area contributed by atoms with Crippen molar-refractivity contribution in [2.45, 2.75) is 13.5 Å². The third-order valence-electron chi connectivity index (χ3n) is 6.00. The Bertz CT molecular complexity index is 1270. The number of carbonyl (C=O) groups is 2. The van der Waals surface area contributed by atoms with Crippen LogP contribution in [0.3, 0.4) is 0 Å². The van der Waals surface area contributed by atoms with Crippen molar-refractivity contribution < 1.29 is 14.5 Å². The fraction of sp³-hybridized carbons (Fsp3) is 0.240. The van der Waals surface area contributed by atoms with Gasteiger partial charge in [0.1, 0.15) is 5.82 Å². The molecule has 1 saturated heterocycles. The van der Waals surface area contributed by atoms with Crippen LogP contribution in [0.15, 0.2) is 60.8 Å². The van der Waals surface area contributed by atoms with Gasteiger partial charge in [0.2, 0.25) is 5.91 Å². The van der Waals surface area contributed by atoms with Crippen molar-refractivity contribution in [1.82, 2.24) is 9.88 Å². The summed E-state index contributed by atoms with van der Waals surface area (Å²) in [4.78, 5) is 42.4. The molecule has 0 unspecified atom stereocenters. The number of pyridine rings is 1. The Kier molecular flexibility index (Phi) is 7.28.